The normalized spacial score (nSPS) is 11.0. The van der Waals surface area contributed by atoms with Crippen molar-refractivity contribution in [3.05, 3.63) is 35.7 Å². The van der Waals surface area contributed by atoms with Crippen molar-refractivity contribution in [2.24, 2.45) is 0 Å². The molecule has 0 N–H and O–H groups in total. The molecule has 0 fully saturated rings. The van der Waals surface area contributed by atoms with Crippen LogP contribution in [0.2, 0.25) is 0 Å². The molecule has 2 heteroatoms. The fraction of sp³-hybridized carbons (Fsp3) is 0.500. The highest BCUT2D eigenvalue weighted by Gasteiger charge is 2.07. The van der Waals surface area contributed by atoms with Gasteiger partial charge >= 0.3 is 0 Å². The van der Waals surface area contributed by atoms with E-state index in [2.05, 4.69) is 42.2 Å². The van der Waals surface area contributed by atoms with Crippen LogP contribution in [0.1, 0.15) is 50.8 Å². The lowest BCUT2D eigenvalue weighted by Crippen LogP contribution is -1.98. The molecule has 2 aromatic rings. The van der Waals surface area contributed by atoms with Crippen molar-refractivity contribution < 1.29 is 0 Å². The molecule has 0 spiro atoms. The van der Waals surface area contributed by atoms with Gasteiger partial charge in [0.2, 0.25) is 0 Å². The summed E-state index contributed by atoms with van der Waals surface area (Å²) in [6, 6.07) is 6.53. The van der Waals surface area contributed by atoms with Crippen LogP contribution in [0.5, 0.6) is 0 Å². The maximum absolute atomic E-state index is 4.36. The minimum absolute atomic E-state index is 1.05. The minimum Gasteiger partial charge on any atom is -0.158 e. The fourth-order valence-electron chi connectivity index (χ4n) is 2.39. The van der Waals surface area contributed by atoms with Gasteiger partial charge in [0.25, 0.3) is 0 Å². The Kier molecular flexibility index (Phi) is 4.68. The molecule has 0 atom stereocenters. The van der Waals surface area contributed by atoms with E-state index < -0.39 is 0 Å². The average molecular weight is 242 g/mol. The second kappa shape index (κ2) is 6.48. The van der Waals surface area contributed by atoms with Gasteiger partial charge < -0.3 is 0 Å². The molecule has 0 amide bonds. The van der Waals surface area contributed by atoms with Crippen LogP contribution in [0.4, 0.5) is 0 Å². The molecular formula is C16H22N2. The predicted octanol–water partition coefficient (Wildman–Crippen LogP) is 4.32. The Morgan fingerprint density at radius 1 is 1.00 bits per heavy atom. The van der Waals surface area contributed by atoms with Gasteiger partial charge in [-0.25, -0.2) is 0 Å². The van der Waals surface area contributed by atoms with E-state index in [1.54, 1.807) is 0 Å². The Morgan fingerprint density at radius 3 is 2.56 bits per heavy atom. The first kappa shape index (κ1) is 13.0. The van der Waals surface area contributed by atoms with E-state index in [4.69, 9.17) is 0 Å². The summed E-state index contributed by atoms with van der Waals surface area (Å²) < 4.78 is 0. The summed E-state index contributed by atoms with van der Waals surface area (Å²) in [5, 5.41) is 11.1. The quantitative estimate of drug-likeness (QED) is 0.754. The molecule has 1 aromatic carbocycles. The third-order valence-corrected chi connectivity index (χ3v) is 3.41. The molecule has 0 aliphatic carbocycles. The van der Waals surface area contributed by atoms with Crippen molar-refractivity contribution in [3.63, 3.8) is 0 Å². The predicted molar refractivity (Wildman–Crippen MR) is 76.8 cm³/mol. The van der Waals surface area contributed by atoms with Crippen LogP contribution in [0.15, 0.2) is 24.4 Å². The molecule has 0 saturated heterocycles. The smallest absolute Gasteiger partial charge is 0.0712 e. The van der Waals surface area contributed by atoms with Crippen LogP contribution in [0.3, 0.4) is 0 Å². The maximum atomic E-state index is 4.36. The van der Waals surface area contributed by atoms with Crippen molar-refractivity contribution in [3.8, 4) is 0 Å². The molecule has 0 unspecified atom stereocenters. The first-order chi connectivity index (χ1) is 8.86. The molecule has 2 nitrogen and oxygen atoms in total. The number of fused-ring (bicyclic) bond motifs is 1. The molecule has 0 bridgehead atoms. The van der Waals surface area contributed by atoms with E-state index >= 15 is 0 Å². The number of nitrogens with zero attached hydrogens (tertiary/aromatic N) is 2. The lowest BCUT2D eigenvalue weighted by molar-refractivity contribution is 0.762. The SMILES string of the molecule is CCCCc1cccc2cnnc(CCCC)c12. The van der Waals surface area contributed by atoms with Gasteiger partial charge in [0, 0.05) is 10.8 Å². The van der Waals surface area contributed by atoms with Gasteiger partial charge in [-0.1, -0.05) is 44.9 Å². The zero-order chi connectivity index (χ0) is 12.8. The summed E-state index contributed by atoms with van der Waals surface area (Å²) in [6.45, 7) is 4.46. The Labute approximate surface area is 109 Å². The number of aromatic nitrogens is 2. The second-order valence-electron chi connectivity index (χ2n) is 4.88. The van der Waals surface area contributed by atoms with Crippen LogP contribution in [-0.4, -0.2) is 10.2 Å². The van der Waals surface area contributed by atoms with Gasteiger partial charge in [0.05, 0.1) is 11.9 Å². The third kappa shape index (κ3) is 2.87. The van der Waals surface area contributed by atoms with Gasteiger partial charge in [-0.3, -0.25) is 0 Å². The number of aryl methyl sites for hydroxylation is 2. The molecule has 0 aliphatic heterocycles. The maximum Gasteiger partial charge on any atom is 0.0712 e. The lowest BCUT2D eigenvalue weighted by Gasteiger charge is -2.09. The Bertz CT molecular complexity index is 463. The van der Waals surface area contributed by atoms with Crippen LogP contribution in [0, 0.1) is 0 Å². The number of benzene rings is 1. The summed E-state index contributed by atoms with van der Waals surface area (Å²) in [5.41, 5.74) is 2.62. The molecule has 96 valence electrons. The van der Waals surface area contributed by atoms with E-state index in [0.29, 0.717) is 0 Å². The third-order valence-electron chi connectivity index (χ3n) is 3.41. The van der Waals surface area contributed by atoms with E-state index in [1.807, 2.05) is 6.20 Å². The van der Waals surface area contributed by atoms with Gasteiger partial charge in [-0.05, 0) is 31.2 Å². The van der Waals surface area contributed by atoms with Crippen molar-refractivity contribution in [1.82, 2.24) is 10.2 Å². The van der Waals surface area contributed by atoms with E-state index in [-0.39, 0.29) is 0 Å². The molecular weight excluding hydrogens is 220 g/mol. The summed E-state index contributed by atoms with van der Waals surface area (Å²) in [6.07, 6.45) is 8.96. The van der Waals surface area contributed by atoms with Crippen LogP contribution in [0.25, 0.3) is 10.8 Å². The largest absolute Gasteiger partial charge is 0.158 e. The van der Waals surface area contributed by atoms with Gasteiger partial charge in [0.15, 0.2) is 0 Å². The molecule has 1 aromatic heterocycles. The average Bonchev–Trinajstić information content (AvgIpc) is 2.42. The zero-order valence-corrected chi connectivity index (χ0v) is 11.4. The molecule has 1 heterocycles. The molecule has 0 radical (unpaired) electrons. The molecule has 0 aliphatic rings. The van der Waals surface area contributed by atoms with Crippen LogP contribution < -0.4 is 0 Å². The van der Waals surface area contributed by atoms with Crippen LogP contribution >= 0.6 is 0 Å². The minimum atomic E-state index is 1.05. The van der Waals surface area contributed by atoms with Gasteiger partial charge in [0.1, 0.15) is 0 Å². The number of rotatable bonds is 6. The first-order valence-electron chi connectivity index (χ1n) is 7.09. The van der Waals surface area contributed by atoms with E-state index in [1.165, 1.54) is 47.7 Å². The summed E-state index contributed by atoms with van der Waals surface area (Å²) in [4.78, 5) is 0. The topological polar surface area (TPSA) is 25.8 Å². The van der Waals surface area contributed by atoms with Crippen LogP contribution in [-0.2, 0) is 12.8 Å². The first-order valence-corrected chi connectivity index (χ1v) is 7.09. The summed E-state index contributed by atoms with van der Waals surface area (Å²) in [5.74, 6) is 0. The Hall–Kier alpha value is -1.44. The zero-order valence-electron chi connectivity index (χ0n) is 11.4. The summed E-state index contributed by atoms with van der Waals surface area (Å²) in [7, 11) is 0. The highest BCUT2D eigenvalue weighted by atomic mass is 15.1. The number of hydrogen-bond donors (Lipinski definition) is 0. The highest BCUT2D eigenvalue weighted by molar-refractivity contribution is 5.87. The van der Waals surface area contributed by atoms with E-state index in [0.717, 1.165) is 12.8 Å². The van der Waals surface area contributed by atoms with E-state index in [9.17, 15) is 0 Å². The number of unbranched alkanes of at least 4 members (excludes halogenated alkanes) is 2. The van der Waals surface area contributed by atoms with Crippen molar-refractivity contribution in [2.75, 3.05) is 0 Å². The second-order valence-corrected chi connectivity index (χ2v) is 4.88. The molecule has 0 saturated carbocycles. The summed E-state index contributed by atoms with van der Waals surface area (Å²) >= 11 is 0. The van der Waals surface area contributed by atoms with Gasteiger partial charge in [-0.15, -0.1) is 0 Å². The van der Waals surface area contributed by atoms with Crippen molar-refractivity contribution in [1.29, 1.82) is 0 Å². The number of hydrogen-bond acceptors (Lipinski definition) is 2. The molecule has 2 rings (SSSR count). The standard InChI is InChI=1S/C16H22N2/c1-3-5-8-13-9-7-10-14-12-17-18-15(16(13)14)11-6-4-2/h7,9-10,12H,3-6,8,11H2,1-2H3. The Morgan fingerprint density at radius 2 is 1.78 bits per heavy atom. The fourth-order valence-corrected chi connectivity index (χ4v) is 2.39. The lowest BCUT2D eigenvalue weighted by atomic mass is 9.98. The monoisotopic (exact) mass is 242 g/mol. The Balaban J connectivity index is 2.42. The highest BCUT2D eigenvalue weighted by Crippen LogP contribution is 2.23. The molecule has 18 heavy (non-hydrogen) atoms. The van der Waals surface area contributed by atoms with Crippen molar-refractivity contribution in [2.45, 2.75) is 52.4 Å². The van der Waals surface area contributed by atoms with Gasteiger partial charge in [-0.2, -0.15) is 10.2 Å². The van der Waals surface area contributed by atoms with Crippen molar-refractivity contribution >= 4 is 10.8 Å².